The van der Waals surface area contributed by atoms with Crippen LogP contribution in [0.2, 0.25) is 0 Å². The van der Waals surface area contributed by atoms with E-state index in [9.17, 15) is 4.79 Å². The Morgan fingerprint density at radius 2 is 1.94 bits per heavy atom. The molecule has 0 aromatic heterocycles. The Morgan fingerprint density at radius 3 is 2.35 bits per heavy atom. The number of anilines is 1. The molecule has 0 saturated heterocycles. The molecule has 2 N–H and O–H groups in total. The fourth-order valence-electron chi connectivity index (χ4n) is 1.36. The maximum Gasteiger partial charge on any atom is 0.230 e. The van der Waals surface area contributed by atoms with Gasteiger partial charge in [-0.25, -0.2) is 0 Å². The molecule has 0 radical (unpaired) electrons. The van der Waals surface area contributed by atoms with Crippen LogP contribution < -0.4 is 10.6 Å². The summed E-state index contributed by atoms with van der Waals surface area (Å²) in [6, 6.07) is 7.92. The zero-order chi connectivity index (χ0) is 12.1. The Labute approximate surface area is 113 Å². The van der Waals surface area contributed by atoms with E-state index in [2.05, 4.69) is 0 Å². The second-order valence-electron chi connectivity index (χ2n) is 3.73. The van der Waals surface area contributed by atoms with Crippen molar-refractivity contribution >= 4 is 35.8 Å². The monoisotopic (exact) mass is 274 g/mol. The van der Waals surface area contributed by atoms with Crippen molar-refractivity contribution in [1.29, 1.82) is 0 Å². The minimum absolute atomic E-state index is 0. The summed E-state index contributed by atoms with van der Waals surface area (Å²) in [5.41, 5.74) is 6.39. The number of halogens is 1. The predicted octanol–water partition coefficient (Wildman–Crippen LogP) is 2.39. The van der Waals surface area contributed by atoms with E-state index in [1.807, 2.05) is 37.4 Å². The molecule has 0 aliphatic rings. The highest BCUT2D eigenvalue weighted by molar-refractivity contribution is 7.98. The molecule has 1 aromatic carbocycles. The smallest absolute Gasteiger partial charge is 0.230 e. The number of rotatable bonds is 4. The average molecular weight is 275 g/mol. The zero-order valence-electron chi connectivity index (χ0n) is 10.3. The SMILES string of the molecule is CSc1ccc(N(C)C(=O)C(C)CN)cc1.Cl. The van der Waals surface area contributed by atoms with Gasteiger partial charge >= 0.3 is 0 Å². The number of thioether (sulfide) groups is 1. The number of nitrogens with zero attached hydrogens (tertiary/aromatic N) is 1. The van der Waals surface area contributed by atoms with Crippen molar-refractivity contribution in [3.63, 3.8) is 0 Å². The fourth-order valence-corrected chi connectivity index (χ4v) is 1.77. The molecule has 3 nitrogen and oxygen atoms in total. The Balaban J connectivity index is 0.00000256. The largest absolute Gasteiger partial charge is 0.330 e. The van der Waals surface area contributed by atoms with Gasteiger partial charge in [0, 0.05) is 30.1 Å². The van der Waals surface area contributed by atoms with Gasteiger partial charge in [-0.05, 0) is 30.5 Å². The number of carbonyl (C=O) groups excluding carboxylic acids is 1. The van der Waals surface area contributed by atoms with Crippen LogP contribution in [0.15, 0.2) is 29.2 Å². The van der Waals surface area contributed by atoms with Crippen molar-refractivity contribution in [3.8, 4) is 0 Å². The van der Waals surface area contributed by atoms with Crippen molar-refractivity contribution in [1.82, 2.24) is 0 Å². The highest BCUT2D eigenvalue weighted by Crippen LogP contribution is 2.20. The van der Waals surface area contributed by atoms with E-state index in [0.717, 1.165) is 5.69 Å². The first-order valence-electron chi connectivity index (χ1n) is 5.21. The molecule has 0 aliphatic heterocycles. The van der Waals surface area contributed by atoms with Crippen LogP contribution in [-0.2, 0) is 4.79 Å². The summed E-state index contributed by atoms with van der Waals surface area (Å²) in [5.74, 6) is -0.0790. The normalized spacial score (nSPS) is 11.5. The summed E-state index contributed by atoms with van der Waals surface area (Å²) in [5, 5.41) is 0. The number of benzene rings is 1. The van der Waals surface area contributed by atoms with E-state index in [-0.39, 0.29) is 24.2 Å². The first kappa shape index (κ1) is 16.3. The van der Waals surface area contributed by atoms with Gasteiger partial charge < -0.3 is 10.6 Å². The lowest BCUT2D eigenvalue weighted by Gasteiger charge is -2.20. The standard InChI is InChI=1S/C12H18N2OS.ClH/c1-9(8-13)12(15)14(2)10-4-6-11(16-3)7-5-10;/h4-7,9H,8,13H2,1-3H3;1H. The van der Waals surface area contributed by atoms with E-state index in [4.69, 9.17) is 5.73 Å². The van der Waals surface area contributed by atoms with Gasteiger partial charge in [0.25, 0.3) is 0 Å². The van der Waals surface area contributed by atoms with Gasteiger partial charge in [-0.1, -0.05) is 6.92 Å². The Hall–Kier alpha value is -0.710. The number of hydrogen-bond acceptors (Lipinski definition) is 3. The predicted molar refractivity (Wildman–Crippen MR) is 77.1 cm³/mol. The Kier molecular flexibility index (Phi) is 7.27. The Bertz CT molecular complexity index is 356. The molecule has 1 aromatic rings. The van der Waals surface area contributed by atoms with Gasteiger partial charge in [0.1, 0.15) is 0 Å². The summed E-state index contributed by atoms with van der Waals surface area (Å²) in [6.45, 7) is 2.22. The van der Waals surface area contributed by atoms with Crippen molar-refractivity contribution in [2.75, 3.05) is 24.7 Å². The summed E-state index contributed by atoms with van der Waals surface area (Å²) >= 11 is 1.68. The molecule has 17 heavy (non-hydrogen) atoms. The maximum absolute atomic E-state index is 11.9. The first-order chi connectivity index (χ1) is 7.60. The summed E-state index contributed by atoms with van der Waals surface area (Å²) in [7, 11) is 1.78. The summed E-state index contributed by atoms with van der Waals surface area (Å²) < 4.78 is 0. The number of amides is 1. The van der Waals surface area contributed by atoms with Gasteiger partial charge in [-0.3, -0.25) is 4.79 Å². The van der Waals surface area contributed by atoms with Gasteiger partial charge in [0.15, 0.2) is 0 Å². The molecule has 1 amide bonds. The van der Waals surface area contributed by atoms with Crippen LogP contribution >= 0.6 is 24.2 Å². The van der Waals surface area contributed by atoms with Crippen LogP contribution in [0.4, 0.5) is 5.69 Å². The molecule has 0 aliphatic carbocycles. The van der Waals surface area contributed by atoms with Gasteiger partial charge in [-0.15, -0.1) is 24.2 Å². The molecular weight excluding hydrogens is 256 g/mol. The van der Waals surface area contributed by atoms with E-state index >= 15 is 0 Å². The third kappa shape index (κ3) is 4.22. The second-order valence-corrected chi connectivity index (χ2v) is 4.61. The van der Waals surface area contributed by atoms with Crippen LogP contribution in [0.3, 0.4) is 0 Å². The fraction of sp³-hybridized carbons (Fsp3) is 0.417. The highest BCUT2D eigenvalue weighted by Gasteiger charge is 2.16. The molecule has 1 unspecified atom stereocenters. The maximum atomic E-state index is 11.9. The quantitative estimate of drug-likeness (QED) is 0.858. The molecule has 1 rings (SSSR count). The third-order valence-corrected chi connectivity index (χ3v) is 3.31. The molecule has 0 spiro atoms. The topological polar surface area (TPSA) is 46.3 Å². The Morgan fingerprint density at radius 1 is 1.41 bits per heavy atom. The molecule has 0 saturated carbocycles. The number of nitrogens with two attached hydrogens (primary N) is 1. The van der Waals surface area contributed by atoms with Gasteiger partial charge in [0.2, 0.25) is 5.91 Å². The molecular formula is C12H19ClN2OS. The van der Waals surface area contributed by atoms with Crippen LogP contribution in [0.1, 0.15) is 6.92 Å². The van der Waals surface area contributed by atoms with Crippen molar-refractivity contribution in [2.24, 2.45) is 11.7 Å². The van der Waals surface area contributed by atoms with E-state index in [0.29, 0.717) is 6.54 Å². The van der Waals surface area contributed by atoms with Crippen molar-refractivity contribution in [2.45, 2.75) is 11.8 Å². The van der Waals surface area contributed by atoms with E-state index in [1.54, 1.807) is 23.7 Å². The third-order valence-electron chi connectivity index (χ3n) is 2.57. The molecule has 96 valence electrons. The lowest BCUT2D eigenvalue weighted by molar-refractivity contribution is -0.121. The molecule has 5 heteroatoms. The summed E-state index contributed by atoms with van der Waals surface area (Å²) in [4.78, 5) is 14.7. The molecule has 1 atom stereocenters. The first-order valence-corrected chi connectivity index (χ1v) is 6.44. The van der Waals surface area contributed by atoms with Crippen molar-refractivity contribution < 1.29 is 4.79 Å². The summed E-state index contributed by atoms with van der Waals surface area (Å²) in [6.07, 6.45) is 2.03. The molecule has 0 bridgehead atoms. The molecule has 0 fully saturated rings. The van der Waals surface area contributed by atoms with Crippen LogP contribution in [0.5, 0.6) is 0 Å². The number of carbonyl (C=O) groups is 1. The van der Waals surface area contributed by atoms with E-state index < -0.39 is 0 Å². The lowest BCUT2D eigenvalue weighted by Crippen LogP contribution is -2.35. The van der Waals surface area contributed by atoms with Crippen molar-refractivity contribution in [3.05, 3.63) is 24.3 Å². The van der Waals surface area contributed by atoms with Gasteiger partial charge in [-0.2, -0.15) is 0 Å². The second kappa shape index (κ2) is 7.58. The van der Waals surface area contributed by atoms with Crippen LogP contribution in [0.25, 0.3) is 0 Å². The van der Waals surface area contributed by atoms with E-state index in [1.165, 1.54) is 4.90 Å². The molecule has 0 heterocycles. The lowest BCUT2D eigenvalue weighted by atomic mass is 10.1. The average Bonchev–Trinajstić information content (AvgIpc) is 2.36. The van der Waals surface area contributed by atoms with Crippen LogP contribution in [0, 0.1) is 5.92 Å². The highest BCUT2D eigenvalue weighted by atomic mass is 35.5. The zero-order valence-corrected chi connectivity index (χ0v) is 12.0. The minimum atomic E-state index is -0.134. The minimum Gasteiger partial charge on any atom is -0.330 e. The van der Waals surface area contributed by atoms with Crippen LogP contribution in [-0.4, -0.2) is 25.8 Å². The number of hydrogen-bond donors (Lipinski definition) is 1. The van der Waals surface area contributed by atoms with Gasteiger partial charge in [0.05, 0.1) is 0 Å².